The SMILES string of the molecule is N#C/C(=C/c1cn(CC(N)=O)c2ccccc12)c1ccc(Cl)cc1. The summed E-state index contributed by atoms with van der Waals surface area (Å²) in [6.45, 7) is 0.0944. The molecule has 1 aromatic heterocycles. The number of fused-ring (bicyclic) bond motifs is 1. The first-order valence-electron chi connectivity index (χ1n) is 7.32. The molecule has 4 nitrogen and oxygen atoms in total. The van der Waals surface area contributed by atoms with Crippen molar-refractivity contribution in [2.75, 3.05) is 0 Å². The number of benzene rings is 2. The van der Waals surface area contributed by atoms with Gasteiger partial charge < -0.3 is 10.3 Å². The molecule has 3 aromatic rings. The van der Waals surface area contributed by atoms with Gasteiger partial charge >= 0.3 is 0 Å². The molecule has 0 aliphatic heterocycles. The summed E-state index contributed by atoms with van der Waals surface area (Å²) >= 11 is 5.90. The van der Waals surface area contributed by atoms with Crippen LogP contribution in [0.2, 0.25) is 5.02 Å². The van der Waals surface area contributed by atoms with Gasteiger partial charge in [-0.05, 0) is 29.8 Å². The number of primary amides is 1. The molecule has 0 fully saturated rings. The van der Waals surface area contributed by atoms with E-state index in [9.17, 15) is 10.1 Å². The van der Waals surface area contributed by atoms with Crippen molar-refractivity contribution < 1.29 is 4.79 Å². The molecule has 3 rings (SSSR count). The topological polar surface area (TPSA) is 71.8 Å². The fourth-order valence-corrected chi connectivity index (χ4v) is 2.78. The highest BCUT2D eigenvalue weighted by Crippen LogP contribution is 2.26. The smallest absolute Gasteiger partial charge is 0.237 e. The molecular formula is C19H14ClN3O. The first-order valence-corrected chi connectivity index (χ1v) is 7.70. The Hall–Kier alpha value is -3.03. The molecular weight excluding hydrogens is 322 g/mol. The Morgan fingerprint density at radius 2 is 1.92 bits per heavy atom. The average molecular weight is 336 g/mol. The third-order valence-corrected chi connectivity index (χ3v) is 3.97. The van der Waals surface area contributed by atoms with Crippen LogP contribution in [0.25, 0.3) is 22.6 Å². The normalized spacial score (nSPS) is 11.4. The lowest BCUT2D eigenvalue weighted by atomic mass is 10.0. The van der Waals surface area contributed by atoms with Crippen molar-refractivity contribution in [2.24, 2.45) is 5.73 Å². The molecule has 1 heterocycles. The Balaban J connectivity index is 2.13. The number of allylic oxidation sites excluding steroid dienone is 1. The molecule has 2 N–H and O–H groups in total. The van der Waals surface area contributed by atoms with E-state index >= 15 is 0 Å². The summed E-state index contributed by atoms with van der Waals surface area (Å²) in [5, 5.41) is 11.1. The number of para-hydroxylation sites is 1. The Morgan fingerprint density at radius 1 is 1.21 bits per heavy atom. The van der Waals surface area contributed by atoms with Gasteiger partial charge in [-0.15, -0.1) is 0 Å². The van der Waals surface area contributed by atoms with Gasteiger partial charge in [0.25, 0.3) is 0 Å². The van der Waals surface area contributed by atoms with Crippen molar-refractivity contribution in [1.29, 1.82) is 5.26 Å². The number of rotatable bonds is 4. The molecule has 0 radical (unpaired) electrons. The second kappa shape index (κ2) is 6.61. The van der Waals surface area contributed by atoms with Crippen LogP contribution in [0.3, 0.4) is 0 Å². The number of nitrogens with two attached hydrogens (primary N) is 1. The zero-order valence-electron chi connectivity index (χ0n) is 12.7. The summed E-state index contributed by atoms with van der Waals surface area (Å²) < 4.78 is 1.79. The van der Waals surface area contributed by atoms with Crippen LogP contribution in [0.4, 0.5) is 0 Å². The highest BCUT2D eigenvalue weighted by Gasteiger charge is 2.10. The van der Waals surface area contributed by atoms with Crippen LogP contribution in [-0.2, 0) is 11.3 Å². The van der Waals surface area contributed by atoms with Gasteiger partial charge in [0.15, 0.2) is 0 Å². The zero-order chi connectivity index (χ0) is 17.1. The molecule has 0 bridgehead atoms. The van der Waals surface area contributed by atoms with Crippen molar-refractivity contribution in [3.05, 3.63) is 70.9 Å². The van der Waals surface area contributed by atoms with Crippen LogP contribution in [-0.4, -0.2) is 10.5 Å². The van der Waals surface area contributed by atoms with E-state index in [2.05, 4.69) is 6.07 Å². The molecule has 5 heteroatoms. The third-order valence-electron chi connectivity index (χ3n) is 3.72. The number of nitriles is 1. The molecule has 24 heavy (non-hydrogen) atoms. The monoisotopic (exact) mass is 335 g/mol. The number of hydrogen-bond acceptors (Lipinski definition) is 2. The van der Waals surface area contributed by atoms with E-state index in [-0.39, 0.29) is 6.54 Å². The minimum atomic E-state index is -0.413. The molecule has 0 saturated carbocycles. The predicted octanol–water partition coefficient (Wildman–Crippen LogP) is 3.84. The quantitative estimate of drug-likeness (QED) is 0.736. The Labute approximate surface area is 144 Å². The van der Waals surface area contributed by atoms with Crippen molar-refractivity contribution in [1.82, 2.24) is 4.57 Å². The first-order chi connectivity index (χ1) is 11.6. The Kier molecular flexibility index (Phi) is 4.37. The van der Waals surface area contributed by atoms with Crippen LogP contribution >= 0.6 is 11.6 Å². The number of nitrogens with zero attached hydrogens (tertiary/aromatic N) is 2. The second-order valence-electron chi connectivity index (χ2n) is 5.37. The number of aromatic nitrogens is 1. The van der Waals surface area contributed by atoms with Crippen LogP contribution < -0.4 is 5.73 Å². The molecule has 0 spiro atoms. The van der Waals surface area contributed by atoms with Crippen molar-refractivity contribution in [3.63, 3.8) is 0 Å². The summed E-state index contributed by atoms with van der Waals surface area (Å²) in [6.07, 6.45) is 3.64. The molecule has 118 valence electrons. The van der Waals surface area contributed by atoms with E-state index in [1.54, 1.807) is 28.8 Å². The number of carbonyl (C=O) groups excluding carboxylic acids is 1. The maximum absolute atomic E-state index is 11.3. The van der Waals surface area contributed by atoms with Gasteiger partial charge in [-0.3, -0.25) is 4.79 Å². The van der Waals surface area contributed by atoms with Gasteiger partial charge in [0.05, 0.1) is 11.6 Å². The van der Waals surface area contributed by atoms with Gasteiger partial charge in [0.2, 0.25) is 5.91 Å². The van der Waals surface area contributed by atoms with Gasteiger partial charge in [0, 0.05) is 27.7 Å². The molecule has 0 aliphatic carbocycles. The van der Waals surface area contributed by atoms with E-state index in [0.29, 0.717) is 10.6 Å². The highest BCUT2D eigenvalue weighted by atomic mass is 35.5. The van der Waals surface area contributed by atoms with Crippen LogP contribution in [0.1, 0.15) is 11.1 Å². The van der Waals surface area contributed by atoms with Gasteiger partial charge in [0.1, 0.15) is 6.54 Å². The summed E-state index contributed by atoms with van der Waals surface area (Å²) in [5.74, 6) is -0.413. The van der Waals surface area contributed by atoms with E-state index in [1.165, 1.54) is 0 Å². The number of hydrogen-bond donors (Lipinski definition) is 1. The maximum Gasteiger partial charge on any atom is 0.237 e. The minimum Gasteiger partial charge on any atom is -0.368 e. The van der Waals surface area contributed by atoms with Crippen molar-refractivity contribution in [3.8, 4) is 6.07 Å². The van der Waals surface area contributed by atoms with E-state index in [0.717, 1.165) is 22.0 Å². The molecule has 0 atom stereocenters. The minimum absolute atomic E-state index is 0.0944. The van der Waals surface area contributed by atoms with E-state index in [4.69, 9.17) is 17.3 Å². The largest absolute Gasteiger partial charge is 0.368 e. The molecule has 0 aliphatic rings. The predicted molar refractivity (Wildman–Crippen MR) is 96.1 cm³/mol. The number of halogens is 1. The Bertz CT molecular complexity index is 978. The van der Waals surface area contributed by atoms with Crippen LogP contribution in [0.5, 0.6) is 0 Å². The lowest BCUT2D eigenvalue weighted by molar-refractivity contribution is -0.118. The molecule has 0 saturated heterocycles. The van der Waals surface area contributed by atoms with Gasteiger partial charge in [-0.1, -0.05) is 41.9 Å². The van der Waals surface area contributed by atoms with Crippen molar-refractivity contribution in [2.45, 2.75) is 6.54 Å². The maximum atomic E-state index is 11.3. The van der Waals surface area contributed by atoms with E-state index in [1.807, 2.05) is 36.5 Å². The highest BCUT2D eigenvalue weighted by molar-refractivity contribution is 6.30. The fourth-order valence-electron chi connectivity index (χ4n) is 2.65. The summed E-state index contributed by atoms with van der Waals surface area (Å²) in [4.78, 5) is 11.3. The van der Waals surface area contributed by atoms with Crippen LogP contribution in [0, 0.1) is 11.3 Å². The first kappa shape index (κ1) is 15.9. The summed E-state index contributed by atoms with van der Waals surface area (Å²) in [6, 6.07) is 17.0. The molecule has 0 unspecified atom stereocenters. The lowest BCUT2D eigenvalue weighted by Crippen LogP contribution is -2.17. The summed E-state index contributed by atoms with van der Waals surface area (Å²) in [7, 11) is 0. The third kappa shape index (κ3) is 3.17. The zero-order valence-corrected chi connectivity index (χ0v) is 13.5. The lowest BCUT2D eigenvalue weighted by Gasteiger charge is -2.00. The molecule has 1 amide bonds. The van der Waals surface area contributed by atoms with Crippen molar-refractivity contribution >= 4 is 40.1 Å². The van der Waals surface area contributed by atoms with Gasteiger partial charge in [-0.2, -0.15) is 5.26 Å². The van der Waals surface area contributed by atoms with Crippen LogP contribution in [0.15, 0.2) is 54.7 Å². The van der Waals surface area contributed by atoms with Gasteiger partial charge in [-0.25, -0.2) is 0 Å². The van der Waals surface area contributed by atoms with E-state index < -0.39 is 5.91 Å². The second-order valence-corrected chi connectivity index (χ2v) is 5.81. The fraction of sp³-hybridized carbons (Fsp3) is 0.0526. The summed E-state index contributed by atoms with van der Waals surface area (Å²) in [5.41, 5.74) is 8.38. The average Bonchev–Trinajstić information content (AvgIpc) is 2.91. The standard InChI is InChI=1S/C19H14ClN3O/c20-16-7-5-13(6-8-16)14(10-21)9-15-11-23(12-19(22)24)18-4-2-1-3-17(15)18/h1-9,11H,12H2,(H2,22,24)/b14-9-. The number of carbonyl (C=O) groups is 1. The molecule has 2 aromatic carbocycles. The number of amides is 1. The Morgan fingerprint density at radius 3 is 2.58 bits per heavy atom.